The zero-order valence-electron chi connectivity index (χ0n) is 11.6. The third-order valence-corrected chi connectivity index (χ3v) is 3.92. The van der Waals surface area contributed by atoms with Gasteiger partial charge in [-0.05, 0) is 32.6 Å². The van der Waals surface area contributed by atoms with Gasteiger partial charge in [-0.3, -0.25) is 9.59 Å². The second-order valence-corrected chi connectivity index (χ2v) is 5.52. The summed E-state index contributed by atoms with van der Waals surface area (Å²) in [5, 5.41) is 6.55. The van der Waals surface area contributed by atoms with Crippen LogP contribution in [0, 0.1) is 12.8 Å². The van der Waals surface area contributed by atoms with Crippen LogP contribution in [0.3, 0.4) is 0 Å². The Kier molecular flexibility index (Phi) is 3.19. The molecule has 2 fully saturated rings. The molecule has 7 nitrogen and oxygen atoms in total. The third kappa shape index (κ3) is 2.39. The molecule has 0 aromatic carbocycles. The van der Waals surface area contributed by atoms with Gasteiger partial charge in [-0.25, -0.2) is 0 Å². The minimum absolute atomic E-state index is 0.0100. The average Bonchev–Trinajstić information content (AvgIpc) is 3.17. The van der Waals surface area contributed by atoms with Crippen LogP contribution in [0.15, 0.2) is 4.52 Å². The second kappa shape index (κ2) is 4.88. The van der Waals surface area contributed by atoms with Gasteiger partial charge >= 0.3 is 0 Å². The molecule has 1 aliphatic carbocycles. The molecule has 2 atom stereocenters. The van der Waals surface area contributed by atoms with E-state index >= 15 is 0 Å². The van der Waals surface area contributed by atoms with Crippen molar-refractivity contribution in [3.63, 3.8) is 0 Å². The summed E-state index contributed by atoms with van der Waals surface area (Å²) in [6.45, 7) is 3.92. The van der Waals surface area contributed by atoms with Gasteiger partial charge in [0, 0.05) is 13.0 Å². The number of hydrogen-bond acceptors (Lipinski definition) is 5. The summed E-state index contributed by atoms with van der Waals surface area (Å²) >= 11 is 0. The summed E-state index contributed by atoms with van der Waals surface area (Å²) in [5.74, 6) is 1.31. The maximum atomic E-state index is 12.4. The first kappa shape index (κ1) is 13.1. The fraction of sp³-hybridized carbons (Fsp3) is 0.692. The first-order valence-corrected chi connectivity index (χ1v) is 6.96. The quantitative estimate of drug-likeness (QED) is 0.840. The number of aryl methyl sites for hydroxylation is 1. The summed E-state index contributed by atoms with van der Waals surface area (Å²) in [6, 6.07) is -0.787. The molecule has 1 aromatic rings. The monoisotopic (exact) mass is 278 g/mol. The van der Waals surface area contributed by atoms with Crippen LogP contribution in [0.25, 0.3) is 0 Å². The van der Waals surface area contributed by atoms with Crippen LogP contribution >= 0.6 is 0 Å². The molecule has 20 heavy (non-hydrogen) atoms. The van der Waals surface area contributed by atoms with Crippen LogP contribution in [0.5, 0.6) is 0 Å². The van der Waals surface area contributed by atoms with E-state index in [1.165, 1.54) is 0 Å². The lowest BCUT2D eigenvalue weighted by Crippen LogP contribution is -2.63. The molecule has 0 bridgehead atoms. The number of nitrogens with zero attached hydrogens (tertiary/aromatic N) is 3. The second-order valence-electron chi connectivity index (χ2n) is 5.52. The van der Waals surface area contributed by atoms with E-state index in [2.05, 4.69) is 15.5 Å². The van der Waals surface area contributed by atoms with Gasteiger partial charge in [0.2, 0.25) is 17.7 Å². The Bertz CT molecular complexity index is 537. The van der Waals surface area contributed by atoms with Gasteiger partial charge < -0.3 is 14.7 Å². The Morgan fingerprint density at radius 3 is 2.75 bits per heavy atom. The molecule has 1 aromatic heterocycles. The van der Waals surface area contributed by atoms with E-state index in [4.69, 9.17) is 4.52 Å². The largest absolute Gasteiger partial charge is 0.342 e. The van der Waals surface area contributed by atoms with Crippen LogP contribution in [-0.2, 0) is 16.0 Å². The van der Waals surface area contributed by atoms with Crippen molar-refractivity contribution in [3.05, 3.63) is 11.7 Å². The van der Waals surface area contributed by atoms with Crippen LogP contribution in [-0.4, -0.2) is 45.5 Å². The number of carbonyl (C=O) groups is 2. The van der Waals surface area contributed by atoms with Crippen molar-refractivity contribution in [2.75, 3.05) is 6.54 Å². The van der Waals surface area contributed by atoms with E-state index in [1.54, 1.807) is 18.7 Å². The highest BCUT2D eigenvalue weighted by Gasteiger charge is 2.45. The molecule has 1 saturated heterocycles. The highest BCUT2D eigenvalue weighted by molar-refractivity contribution is 5.97. The van der Waals surface area contributed by atoms with Gasteiger partial charge in [0.1, 0.15) is 12.1 Å². The van der Waals surface area contributed by atoms with Gasteiger partial charge in [0.25, 0.3) is 0 Å². The molecule has 0 radical (unpaired) electrons. The minimum Gasteiger partial charge on any atom is -0.342 e. The molecule has 2 unspecified atom stereocenters. The molecule has 7 heteroatoms. The highest BCUT2D eigenvalue weighted by Crippen LogP contribution is 2.35. The number of carbonyl (C=O) groups excluding carboxylic acids is 2. The smallest absolute Gasteiger partial charge is 0.246 e. The van der Waals surface area contributed by atoms with E-state index in [1.807, 2.05) is 0 Å². The Morgan fingerprint density at radius 1 is 1.40 bits per heavy atom. The summed E-state index contributed by atoms with van der Waals surface area (Å²) in [6.07, 6.45) is 2.51. The van der Waals surface area contributed by atoms with E-state index in [0.29, 0.717) is 30.6 Å². The predicted octanol–water partition coefficient (Wildman–Crippen LogP) is 0.0460. The van der Waals surface area contributed by atoms with Gasteiger partial charge in [0.15, 0.2) is 5.82 Å². The number of rotatable bonds is 4. The van der Waals surface area contributed by atoms with Gasteiger partial charge in [0.05, 0.1) is 0 Å². The third-order valence-electron chi connectivity index (χ3n) is 3.92. The van der Waals surface area contributed by atoms with E-state index in [9.17, 15) is 9.59 Å². The Balaban J connectivity index is 1.68. The number of piperazine rings is 1. The van der Waals surface area contributed by atoms with Crippen LogP contribution in [0.1, 0.15) is 31.5 Å². The molecule has 0 spiro atoms. The first-order chi connectivity index (χ1) is 9.56. The van der Waals surface area contributed by atoms with E-state index in [-0.39, 0.29) is 17.9 Å². The summed E-state index contributed by atoms with van der Waals surface area (Å²) < 4.78 is 5.04. The lowest BCUT2D eigenvalue weighted by Gasteiger charge is -2.37. The lowest BCUT2D eigenvalue weighted by atomic mass is 10.0. The van der Waals surface area contributed by atoms with Gasteiger partial charge in [-0.2, -0.15) is 4.98 Å². The predicted molar refractivity (Wildman–Crippen MR) is 68.6 cm³/mol. The SMILES string of the molecule is Cc1noc(CCN2C(=O)C(C3CC3)NC(=O)C2C)n1. The Morgan fingerprint density at radius 2 is 2.15 bits per heavy atom. The summed E-state index contributed by atoms with van der Waals surface area (Å²) in [7, 11) is 0. The zero-order valence-corrected chi connectivity index (χ0v) is 11.6. The van der Waals surface area contributed by atoms with E-state index < -0.39 is 6.04 Å². The van der Waals surface area contributed by atoms with Gasteiger partial charge in [-0.1, -0.05) is 5.16 Å². The van der Waals surface area contributed by atoms with Crippen molar-refractivity contribution in [1.82, 2.24) is 20.4 Å². The summed E-state index contributed by atoms with van der Waals surface area (Å²) in [4.78, 5) is 30.1. The number of amides is 2. The van der Waals surface area contributed by atoms with Gasteiger partial charge in [-0.15, -0.1) is 0 Å². The fourth-order valence-electron chi connectivity index (χ4n) is 2.56. The topological polar surface area (TPSA) is 88.3 Å². The lowest BCUT2D eigenvalue weighted by molar-refractivity contribution is -0.149. The van der Waals surface area contributed by atoms with E-state index in [0.717, 1.165) is 12.8 Å². The van der Waals surface area contributed by atoms with Crippen molar-refractivity contribution in [1.29, 1.82) is 0 Å². The maximum absolute atomic E-state index is 12.4. The number of nitrogens with one attached hydrogen (secondary N) is 1. The van der Waals surface area contributed by atoms with Crippen LogP contribution in [0.2, 0.25) is 0 Å². The maximum Gasteiger partial charge on any atom is 0.246 e. The highest BCUT2D eigenvalue weighted by atomic mass is 16.5. The molecular weight excluding hydrogens is 260 g/mol. The molecule has 1 N–H and O–H groups in total. The molecule has 3 rings (SSSR count). The number of aromatic nitrogens is 2. The number of hydrogen-bond donors (Lipinski definition) is 1. The molecule has 1 saturated carbocycles. The zero-order chi connectivity index (χ0) is 14.3. The van der Waals surface area contributed by atoms with Crippen LogP contribution in [0.4, 0.5) is 0 Å². The average molecular weight is 278 g/mol. The minimum atomic E-state index is -0.443. The standard InChI is InChI=1S/C13H18N4O3/c1-7-12(18)15-11(9-3-4-9)13(19)17(7)6-5-10-14-8(2)16-20-10/h7,9,11H,3-6H2,1-2H3,(H,15,18). The Labute approximate surface area is 116 Å². The van der Waals surface area contributed by atoms with Crippen molar-refractivity contribution in [3.8, 4) is 0 Å². The first-order valence-electron chi connectivity index (χ1n) is 6.96. The molecule has 2 heterocycles. The fourth-order valence-corrected chi connectivity index (χ4v) is 2.56. The van der Waals surface area contributed by atoms with Crippen molar-refractivity contribution >= 4 is 11.8 Å². The molecule has 1 aliphatic heterocycles. The van der Waals surface area contributed by atoms with Crippen molar-refractivity contribution in [2.45, 2.75) is 45.2 Å². The molecule has 2 amide bonds. The molecule has 108 valence electrons. The Hall–Kier alpha value is -1.92. The van der Waals surface area contributed by atoms with Crippen molar-refractivity contribution < 1.29 is 14.1 Å². The molecular formula is C13H18N4O3. The molecule has 2 aliphatic rings. The van der Waals surface area contributed by atoms with Crippen molar-refractivity contribution in [2.24, 2.45) is 5.92 Å². The summed E-state index contributed by atoms with van der Waals surface area (Å²) in [5.41, 5.74) is 0. The normalized spacial score (nSPS) is 26.8. The van der Waals surface area contributed by atoms with Crippen LogP contribution < -0.4 is 5.32 Å².